The van der Waals surface area contributed by atoms with Gasteiger partial charge >= 0.3 is 12.1 Å². The molecule has 0 saturated carbocycles. The first-order valence-corrected chi connectivity index (χ1v) is 10.8. The van der Waals surface area contributed by atoms with E-state index in [0.717, 1.165) is 22.3 Å². The topological polar surface area (TPSA) is 88.5 Å². The number of aliphatic carboxylic acids is 1. The molecule has 4 rings (SSSR count). The quantitative estimate of drug-likeness (QED) is 0.541. The van der Waals surface area contributed by atoms with E-state index in [9.17, 15) is 9.59 Å². The van der Waals surface area contributed by atoms with Crippen LogP contribution in [0.1, 0.15) is 41.0 Å². The molecule has 1 aliphatic rings. The second-order valence-corrected chi connectivity index (χ2v) is 8.11. The van der Waals surface area contributed by atoms with E-state index in [4.69, 9.17) is 9.84 Å². The summed E-state index contributed by atoms with van der Waals surface area (Å²) in [6.07, 6.45) is 3.70. The molecule has 0 spiro atoms. The van der Waals surface area contributed by atoms with Gasteiger partial charge in [-0.05, 0) is 59.2 Å². The van der Waals surface area contributed by atoms with E-state index >= 15 is 0 Å². The van der Waals surface area contributed by atoms with Crippen molar-refractivity contribution in [2.45, 2.75) is 38.1 Å². The van der Waals surface area contributed by atoms with Gasteiger partial charge < -0.3 is 15.2 Å². The van der Waals surface area contributed by atoms with Crippen LogP contribution in [0.25, 0.3) is 11.1 Å². The Kier molecular flexibility index (Phi) is 6.50. The van der Waals surface area contributed by atoms with Crippen LogP contribution in [0, 0.1) is 6.92 Å². The third-order valence-corrected chi connectivity index (χ3v) is 5.99. The third kappa shape index (κ3) is 4.80. The smallest absolute Gasteiger partial charge is 0.407 e. The number of fused-ring (bicyclic) bond motifs is 3. The number of carboxylic acid groups (broad SMARTS) is 1. The summed E-state index contributed by atoms with van der Waals surface area (Å²) in [4.78, 5) is 27.9. The minimum Gasteiger partial charge on any atom is -0.481 e. The van der Waals surface area contributed by atoms with Gasteiger partial charge in [0.05, 0.1) is 0 Å². The Morgan fingerprint density at radius 3 is 2.34 bits per heavy atom. The summed E-state index contributed by atoms with van der Waals surface area (Å²) in [6, 6.07) is 17.9. The molecular weight excluding hydrogens is 404 g/mol. The molecule has 32 heavy (non-hydrogen) atoms. The first-order chi connectivity index (χ1) is 15.5. The van der Waals surface area contributed by atoms with Crippen molar-refractivity contribution in [3.8, 4) is 11.1 Å². The van der Waals surface area contributed by atoms with Crippen molar-refractivity contribution in [3.63, 3.8) is 0 Å². The number of aromatic nitrogens is 1. The first-order valence-electron chi connectivity index (χ1n) is 10.8. The molecule has 0 saturated heterocycles. The van der Waals surface area contributed by atoms with Crippen LogP contribution in [-0.2, 0) is 16.0 Å². The summed E-state index contributed by atoms with van der Waals surface area (Å²) in [6.45, 7) is 2.19. The lowest BCUT2D eigenvalue weighted by atomic mass is 9.98. The summed E-state index contributed by atoms with van der Waals surface area (Å²) in [5.74, 6) is -0.918. The van der Waals surface area contributed by atoms with Gasteiger partial charge in [-0.1, -0.05) is 48.5 Å². The van der Waals surface area contributed by atoms with Crippen LogP contribution < -0.4 is 5.32 Å². The van der Waals surface area contributed by atoms with Gasteiger partial charge in [-0.25, -0.2) is 4.79 Å². The molecule has 3 aromatic rings. The summed E-state index contributed by atoms with van der Waals surface area (Å²) in [5.41, 5.74) is 6.66. The molecule has 2 aromatic carbocycles. The maximum absolute atomic E-state index is 12.7. The summed E-state index contributed by atoms with van der Waals surface area (Å²) >= 11 is 0. The molecule has 6 nitrogen and oxygen atoms in total. The zero-order chi connectivity index (χ0) is 22.5. The highest BCUT2D eigenvalue weighted by Gasteiger charge is 2.29. The maximum atomic E-state index is 12.7. The van der Waals surface area contributed by atoms with Crippen LogP contribution in [0.3, 0.4) is 0 Å². The van der Waals surface area contributed by atoms with E-state index in [1.807, 2.05) is 37.3 Å². The monoisotopic (exact) mass is 430 g/mol. The number of pyridine rings is 1. The van der Waals surface area contributed by atoms with Crippen LogP contribution in [0.4, 0.5) is 4.79 Å². The molecule has 1 unspecified atom stereocenters. The van der Waals surface area contributed by atoms with Gasteiger partial charge in [0, 0.05) is 30.8 Å². The van der Waals surface area contributed by atoms with Crippen LogP contribution in [0.5, 0.6) is 0 Å². The number of hydrogen-bond donors (Lipinski definition) is 2. The van der Waals surface area contributed by atoms with Crippen molar-refractivity contribution < 1.29 is 19.4 Å². The van der Waals surface area contributed by atoms with Crippen molar-refractivity contribution in [1.82, 2.24) is 10.3 Å². The van der Waals surface area contributed by atoms with E-state index in [1.165, 1.54) is 11.1 Å². The number of nitrogens with one attached hydrogen (secondary N) is 1. The van der Waals surface area contributed by atoms with Crippen molar-refractivity contribution in [2.75, 3.05) is 6.61 Å². The van der Waals surface area contributed by atoms with Crippen molar-refractivity contribution in [3.05, 3.63) is 89.2 Å². The van der Waals surface area contributed by atoms with Crippen molar-refractivity contribution in [2.24, 2.45) is 0 Å². The molecule has 0 bridgehead atoms. The van der Waals surface area contributed by atoms with E-state index in [0.29, 0.717) is 12.8 Å². The number of aryl methyl sites for hydroxylation is 1. The molecule has 1 amide bonds. The van der Waals surface area contributed by atoms with Crippen LogP contribution in [0.15, 0.2) is 67.0 Å². The van der Waals surface area contributed by atoms with Gasteiger partial charge in [-0.15, -0.1) is 0 Å². The lowest BCUT2D eigenvalue weighted by Crippen LogP contribution is -2.38. The highest BCUT2D eigenvalue weighted by atomic mass is 16.5. The normalized spacial score (nSPS) is 13.2. The fraction of sp³-hybridized carbons (Fsp3) is 0.269. The second kappa shape index (κ2) is 9.64. The van der Waals surface area contributed by atoms with Gasteiger partial charge in [0.2, 0.25) is 0 Å². The van der Waals surface area contributed by atoms with Gasteiger partial charge in [-0.2, -0.15) is 0 Å². The number of ether oxygens (including phenoxy) is 1. The molecule has 164 valence electrons. The summed E-state index contributed by atoms with van der Waals surface area (Å²) in [7, 11) is 0. The predicted molar refractivity (Wildman–Crippen MR) is 122 cm³/mol. The molecule has 0 fully saturated rings. The fourth-order valence-corrected chi connectivity index (χ4v) is 4.31. The van der Waals surface area contributed by atoms with Crippen LogP contribution >= 0.6 is 0 Å². The maximum Gasteiger partial charge on any atom is 0.407 e. The van der Waals surface area contributed by atoms with E-state index in [2.05, 4.69) is 34.6 Å². The average molecular weight is 431 g/mol. The SMILES string of the molecule is Cc1ccncc1CC(CCC(=O)O)NC(=O)OCC1c2ccccc2-c2ccccc21. The largest absolute Gasteiger partial charge is 0.481 e. The first kappa shape index (κ1) is 21.6. The molecule has 1 aliphatic carbocycles. The summed E-state index contributed by atoms with van der Waals surface area (Å²) in [5, 5.41) is 12.0. The van der Waals surface area contributed by atoms with Crippen molar-refractivity contribution >= 4 is 12.1 Å². The predicted octanol–water partition coefficient (Wildman–Crippen LogP) is 4.70. The third-order valence-electron chi connectivity index (χ3n) is 5.99. The number of amides is 1. The lowest BCUT2D eigenvalue weighted by molar-refractivity contribution is -0.137. The lowest BCUT2D eigenvalue weighted by Gasteiger charge is -2.20. The number of carboxylic acids is 1. The Bertz CT molecular complexity index is 1080. The Hall–Kier alpha value is -3.67. The Morgan fingerprint density at radius 1 is 1.06 bits per heavy atom. The molecule has 0 radical (unpaired) electrons. The van der Waals surface area contributed by atoms with Gasteiger partial charge in [0.15, 0.2) is 0 Å². The molecule has 1 heterocycles. The molecule has 0 aliphatic heterocycles. The number of hydrogen-bond acceptors (Lipinski definition) is 4. The number of benzene rings is 2. The van der Waals surface area contributed by atoms with Gasteiger partial charge in [-0.3, -0.25) is 9.78 Å². The number of carbonyl (C=O) groups excluding carboxylic acids is 1. The summed E-state index contributed by atoms with van der Waals surface area (Å²) < 4.78 is 5.63. The zero-order valence-electron chi connectivity index (χ0n) is 18.0. The number of nitrogens with zero attached hydrogens (tertiary/aromatic N) is 1. The minimum absolute atomic E-state index is 0.0220. The number of alkyl carbamates (subject to hydrolysis) is 1. The zero-order valence-corrected chi connectivity index (χ0v) is 18.0. The van der Waals surface area contributed by atoms with Gasteiger partial charge in [0.1, 0.15) is 6.61 Å². The van der Waals surface area contributed by atoms with Crippen LogP contribution in [-0.4, -0.2) is 34.8 Å². The molecular formula is C26H26N2O4. The fourth-order valence-electron chi connectivity index (χ4n) is 4.31. The Labute approximate surface area is 187 Å². The van der Waals surface area contributed by atoms with E-state index in [-0.39, 0.29) is 25.0 Å². The second-order valence-electron chi connectivity index (χ2n) is 8.11. The van der Waals surface area contributed by atoms with Crippen molar-refractivity contribution in [1.29, 1.82) is 0 Å². The van der Waals surface area contributed by atoms with Crippen LogP contribution in [0.2, 0.25) is 0 Å². The standard InChI is InChI=1S/C26H26N2O4/c1-17-12-13-27-15-18(17)14-19(10-11-25(29)30)28-26(31)32-16-24-22-8-4-2-6-20(22)21-7-3-5-9-23(21)24/h2-9,12-13,15,19,24H,10-11,14,16H2,1H3,(H,28,31)(H,29,30). The Balaban J connectivity index is 1.43. The molecule has 1 aromatic heterocycles. The van der Waals surface area contributed by atoms with Gasteiger partial charge in [0.25, 0.3) is 0 Å². The molecule has 1 atom stereocenters. The van der Waals surface area contributed by atoms with E-state index in [1.54, 1.807) is 12.4 Å². The molecule has 2 N–H and O–H groups in total. The highest BCUT2D eigenvalue weighted by Crippen LogP contribution is 2.44. The highest BCUT2D eigenvalue weighted by molar-refractivity contribution is 5.79. The minimum atomic E-state index is -0.896. The number of rotatable bonds is 8. The van der Waals surface area contributed by atoms with E-state index < -0.39 is 12.1 Å². The average Bonchev–Trinajstić information content (AvgIpc) is 3.11. The number of carbonyl (C=O) groups is 2. The Morgan fingerprint density at radius 2 is 1.72 bits per heavy atom. The molecule has 6 heteroatoms.